The highest BCUT2D eigenvalue weighted by Crippen LogP contribution is 2.23. The van der Waals surface area contributed by atoms with E-state index in [1.165, 1.54) is 10.4 Å². The summed E-state index contributed by atoms with van der Waals surface area (Å²) >= 11 is 1.69. The highest BCUT2D eigenvalue weighted by Gasteiger charge is 2.11. The first-order valence-electron chi connectivity index (χ1n) is 6.11. The minimum absolute atomic E-state index is 0.297. The highest BCUT2D eigenvalue weighted by atomic mass is 32.1. The maximum Gasteiger partial charge on any atom is 0.119 e. The molecule has 0 saturated carbocycles. The quantitative estimate of drug-likeness (QED) is 0.869. The van der Waals surface area contributed by atoms with Gasteiger partial charge in [0.05, 0.1) is 12.1 Å². The summed E-state index contributed by atoms with van der Waals surface area (Å²) in [6.45, 7) is 2.70. The number of hydrogen-bond acceptors (Lipinski definition) is 4. The van der Waals surface area contributed by atoms with Gasteiger partial charge in [0.25, 0.3) is 0 Å². The summed E-state index contributed by atoms with van der Waals surface area (Å²) in [6, 6.07) is 8.56. The van der Waals surface area contributed by atoms with Gasteiger partial charge in [-0.1, -0.05) is 12.1 Å². The number of hydrogen-bond donors (Lipinski definition) is 1. The number of nitrogens with zero attached hydrogens (tertiary/aromatic N) is 1. The fraction of sp³-hybridized carbons (Fsp3) is 0.357. The molecule has 1 heterocycles. The minimum atomic E-state index is 0.297. The number of aromatic nitrogens is 1. The summed E-state index contributed by atoms with van der Waals surface area (Å²) in [6.07, 6.45) is 2.89. The van der Waals surface area contributed by atoms with E-state index in [1.54, 1.807) is 11.3 Å². The number of likely N-dealkylation sites (N-methyl/N-ethyl adjacent to an activating group) is 1. The molecule has 1 aromatic heterocycles. The van der Waals surface area contributed by atoms with Gasteiger partial charge in [0.2, 0.25) is 0 Å². The van der Waals surface area contributed by atoms with Gasteiger partial charge in [-0.2, -0.15) is 0 Å². The van der Waals surface area contributed by atoms with Gasteiger partial charge in [0.15, 0.2) is 0 Å². The van der Waals surface area contributed by atoms with Gasteiger partial charge in [-0.15, -0.1) is 11.3 Å². The van der Waals surface area contributed by atoms with Crippen LogP contribution in [0.15, 0.2) is 36.0 Å². The summed E-state index contributed by atoms with van der Waals surface area (Å²) in [5.74, 6) is 0.930. The Kier molecular flexibility index (Phi) is 4.73. The SMILES string of the molecule is CCOc1cccc(C(Cc2cncs2)NC)c1. The van der Waals surface area contributed by atoms with Crippen LogP contribution in [0.3, 0.4) is 0 Å². The van der Waals surface area contributed by atoms with Crippen LogP contribution in [-0.4, -0.2) is 18.6 Å². The number of nitrogens with one attached hydrogen (secondary N) is 1. The molecule has 1 N–H and O–H groups in total. The lowest BCUT2D eigenvalue weighted by atomic mass is 10.0. The van der Waals surface area contributed by atoms with Crippen molar-refractivity contribution in [2.45, 2.75) is 19.4 Å². The van der Waals surface area contributed by atoms with Crippen LogP contribution in [0.25, 0.3) is 0 Å². The number of ether oxygens (including phenoxy) is 1. The lowest BCUT2D eigenvalue weighted by Crippen LogP contribution is -2.18. The monoisotopic (exact) mass is 262 g/mol. The first-order valence-corrected chi connectivity index (χ1v) is 6.98. The Morgan fingerprint density at radius 3 is 3.00 bits per heavy atom. The molecule has 1 unspecified atom stereocenters. The van der Waals surface area contributed by atoms with E-state index < -0.39 is 0 Å². The van der Waals surface area contributed by atoms with Crippen LogP contribution in [0, 0.1) is 0 Å². The number of rotatable bonds is 6. The molecule has 0 amide bonds. The average Bonchev–Trinajstić information content (AvgIpc) is 2.89. The fourth-order valence-corrected chi connectivity index (χ4v) is 2.56. The van der Waals surface area contributed by atoms with Gasteiger partial charge < -0.3 is 10.1 Å². The molecular weight excluding hydrogens is 244 g/mol. The zero-order valence-corrected chi connectivity index (χ0v) is 11.5. The van der Waals surface area contributed by atoms with Crippen LogP contribution in [0.1, 0.15) is 23.4 Å². The van der Waals surface area contributed by atoms with Crippen molar-refractivity contribution in [3.63, 3.8) is 0 Å². The molecule has 0 aliphatic rings. The van der Waals surface area contributed by atoms with Crippen molar-refractivity contribution in [2.24, 2.45) is 0 Å². The van der Waals surface area contributed by atoms with Gasteiger partial charge in [0.1, 0.15) is 5.75 Å². The van der Waals surface area contributed by atoms with Crippen molar-refractivity contribution in [2.75, 3.05) is 13.7 Å². The molecule has 1 atom stereocenters. The molecule has 0 radical (unpaired) electrons. The number of benzene rings is 1. The van der Waals surface area contributed by atoms with Crippen LogP contribution in [0.4, 0.5) is 0 Å². The third-order valence-electron chi connectivity index (χ3n) is 2.81. The molecule has 0 aliphatic heterocycles. The normalized spacial score (nSPS) is 12.3. The van der Waals surface area contributed by atoms with E-state index in [1.807, 2.05) is 37.8 Å². The van der Waals surface area contributed by atoms with Gasteiger partial charge in [-0.25, -0.2) is 0 Å². The zero-order chi connectivity index (χ0) is 12.8. The Hall–Kier alpha value is -1.39. The minimum Gasteiger partial charge on any atom is -0.494 e. The van der Waals surface area contributed by atoms with Crippen molar-refractivity contribution in [1.82, 2.24) is 10.3 Å². The van der Waals surface area contributed by atoms with E-state index in [4.69, 9.17) is 4.74 Å². The Balaban J connectivity index is 2.13. The van der Waals surface area contributed by atoms with Crippen molar-refractivity contribution in [3.05, 3.63) is 46.4 Å². The van der Waals surface area contributed by atoms with Crippen LogP contribution >= 0.6 is 11.3 Å². The second-order valence-electron chi connectivity index (χ2n) is 4.02. The van der Waals surface area contributed by atoms with Crippen molar-refractivity contribution < 1.29 is 4.74 Å². The van der Waals surface area contributed by atoms with Crippen LogP contribution in [-0.2, 0) is 6.42 Å². The molecule has 2 aromatic rings. The third-order valence-corrected chi connectivity index (χ3v) is 3.61. The molecule has 0 bridgehead atoms. The summed E-state index contributed by atoms with van der Waals surface area (Å²) in [7, 11) is 1.99. The molecule has 0 fully saturated rings. The molecule has 0 aliphatic carbocycles. The smallest absolute Gasteiger partial charge is 0.119 e. The largest absolute Gasteiger partial charge is 0.494 e. The Bertz CT molecular complexity index is 470. The Morgan fingerprint density at radius 1 is 1.44 bits per heavy atom. The molecule has 0 saturated heterocycles. The van der Waals surface area contributed by atoms with E-state index >= 15 is 0 Å². The average molecular weight is 262 g/mol. The van der Waals surface area contributed by atoms with Crippen LogP contribution in [0.2, 0.25) is 0 Å². The molecule has 0 spiro atoms. The maximum absolute atomic E-state index is 5.54. The topological polar surface area (TPSA) is 34.1 Å². The van der Waals surface area contributed by atoms with Gasteiger partial charge in [-0.05, 0) is 31.7 Å². The standard InChI is InChI=1S/C14H18N2OS/c1-3-17-12-6-4-5-11(7-12)14(15-2)8-13-9-16-10-18-13/h4-7,9-10,14-15H,3,8H2,1-2H3. The Labute approximate surface area is 112 Å². The first kappa shape index (κ1) is 13.1. The maximum atomic E-state index is 5.54. The molecule has 1 aromatic carbocycles. The van der Waals surface area contributed by atoms with E-state index in [0.29, 0.717) is 12.6 Å². The third kappa shape index (κ3) is 3.31. The summed E-state index contributed by atoms with van der Waals surface area (Å²) in [5, 5.41) is 3.35. The predicted octanol–water partition coefficient (Wildman–Crippen LogP) is 3.05. The highest BCUT2D eigenvalue weighted by molar-refractivity contribution is 7.09. The van der Waals surface area contributed by atoms with E-state index in [0.717, 1.165) is 12.2 Å². The lowest BCUT2D eigenvalue weighted by molar-refractivity contribution is 0.339. The summed E-state index contributed by atoms with van der Waals surface area (Å²) in [4.78, 5) is 5.40. The van der Waals surface area contributed by atoms with Gasteiger partial charge >= 0.3 is 0 Å². The Morgan fingerprint density at radius 2 is 2.33 bits per heavy atom. The second-order valence-corrected chi connectivity index (χ2v) is 4.99. The molecule has 3 nitrogen and oxygen atoms in total. The fourth-order valence-electron chi connectivity index (χ4n) is 1.92. The van der Waals surface area contributed by atoms with Crippen molar-refractivity contribution in [3.8, 4) is 5.75 Å². The summed E-state index contributed by atoms with van der Waals surface area (Å²) in [5.41, 5.74) is 3.12. The van der Waals surface area contributed by atoms with E-state index in [-0.39, 0.29) is 0 Å². The zero-order valence-electron chi connectivity index (χ0n) is 10.7. The molecular formula is C14H18N2OS. The van der Waals surface area contributed by atoms with Gasteiger partial charge in [-0.3, -0.25) is 4.98 Å². The summed E-state index contributed by atoms with van der Waals surface area (Å²) < 4.78 is 5.54. The molecule has 4 heteroatoms. The van der Waals surface area contributed by atoms with Crippen molar-refractivity contribution in [1.29, 1.82) is 0 Å². The predicted molar refractivity (Wildman–Crippen MR) is 75.2 cm³/mol. The van der Waals surface area contributed by atoms with Crippen molar-refractivity contribution >= 4 is 11.3 Å². The number of thiazole rings is 1. The van der Waals surface area contributed by atoms with E-state index in [2.05, 4.69) is 22.4 Å². The van der Waals surface area contributed by atoms with Crippen LogP contribution < -0.4 is 10.1 Å². The second kappa shape index (κ2) is 6.52. The van der Waals surface area contributed by atoms with Crippen LogP contribution in [0.5, 0.6) is 5.75 Å². The lowest BCUT2D eigenvalue weighted by Gasteiger charge is -2.16. The molecule has 18 heavy (non-hydrogen) atoms. The molecule has 2 rings (SSSR count). The van der Waals surface area contributed by atoms with E-state index in [9.17, 15) is 0 Å². The first-order chi connectivity index (χ1) is 8.83. The van der Waals surface area contributed by atoms with Gasteiger partial charge in [0, 0.05) is 23.5 Å². The molecule has 96 valence electrons.